The highest BCUT2D eigenvalue weighted by molar-refractivity contribution is 8.01. The van der Waals surface area contributed by atoms with Crippen LogP contribution in [0.5, 0.6) is 5.75 Å². The average molecular weight is 648 g/mol. The molecule has 4 aliphatic carbocycles. The number of hydrogen-bond acceptors (Lipinski definition) is 7. The van der Waals surface area contributed by atoms with Crippen LogP contribution in [0.1, 0.15) is 119 Å². The summed E-state index contributed by atoms with van der Waals surface area (Å²) in [6, 6.07) is 12.5. The highest BCUT2D eigenvalue weighted by atomic mass is 32.2. The molecule has 1 heterocycles. The zero-order valence-corrected chi connectivity index (χ0v) is 28.8. The zero-order valence-electron chi connectivity index (χ0n) is 27.1. The lowest BCUT2D eigenvalue weighted by Crippen LogP contribution is -2.46. The first-order valence-electron chi connectivity index (χ1n) is 17.1. The normalized spacial score (nSPS) is 28.1. The molecule has 2 N–H and O–H groups in total. The van der Waals surface area contributed by atoms with Gasteiger partial charge >= 0.3 is 0 Å². The molecule has 0 aliphatic heterocycles. The molecule has 1 aromatic heterocycles. The molecule has 0 spiro atoms. The van der Waals surface area contributed by atoms with E-state index in [2.05, 4.69) is 44.2 Å². The van der Waals surface area contributed by atoms with Gasteiger partial charge in [0, 0.05) is 22.6 Å². The minimum absolute atomic E-state index is 0.0744. The van der Waals surface area contributed by atoms with E-state index in [-0.39, 0.29) is 17.6 Å². The molecule has 0 saturated heterocycles. The van der Waals surface area contributed by atoms with Crippen LogP contribution in [0.15, 0.2) is 52.4 Å². The predicted molar refractivity (Wildman–Crippen MR) is 186 cm³/mol. The summed E-state index contributed by atoms with van der Waals surface area (Å²) < 4.78 is 7.77. The number of ketones is 1. The van der Waals surface area contributed by atoms with Crippen molar-refractivity contribution in [2.24, 2.45) is 11.3 Å². The number of benzene rings is 2. The Morgan fingerprint density at radius 3 is 2.71 bits per heavy atom. The highest BCUT2D eigenvalue weighted by Crippen LogP contribution is 2.60. The lowest BCUT2D eigenvalue weighted by Gasteiger charge is -2.44. The van der Waals surface area contributed by atoms with Crippen molar-refractivity contribution in [3.05, 3.63) is 64.7 Å². The van der Waals surface area contributed by atoms with Crippen molar-refractivity contribution in [1.82, 2.24) is 4.98 Å². The number of thiazole rings is 1. The van der Waals surface area contributed by atoms with Crippen LogP contribution in [0.4, 0.5) is 0 Å². The van der Waals surface area contributed by atoms with E-state index < -0.39 is 17.1 Å². The van der Waals surface area contributed by atoms with Crippen molar-refractivity contribution in [3.63, 3.8) is 0 Å². The van der Waals surface area contributed by atoms with Gasteiger partial charge in [0.25, 0.3) is 0 Å². The van der Waals surface area contributed by atoms with E-state index in [9.17, 15) is 15.0 Å². The van der Waals surface area contributed by atoms with Crippen molar-refractivity contribution in [2.75, 3.05) is 12.4 Å². The molecule has 0 amide bonds. The highest BCUT2D eigenvalue weighted by Gasteiger charge is 2.56. The number of carbonyl (C=O) groups excluding carboxylic acids is 1. The van der Waals surface area contributed by atoms with Gasteiger partial charge in [-0.15, -0.1) is 11.3 Å². The molecule has 7 rings (SSSR count). The van der Waals surface area contributed by atoms with Gasteiger partial charge in [0.15, 0.2) is 10.1 Å². The minimum Gasteiger partial charge on any atom is -0.494 e. The van der Waals surface area contributed by atoms with Crippen molar-refractivity contribution in [2.45, 2.75) is 120 Å². The summed E-state index contributed by atoms with van der Waals surface area (Å²) in [5.41, 5.74) is 3.93. The standard InChI is InChI=1S/C38H49NO4S2/c1-4-43-29-15-17-33-34(23-29)45-36(39-33)44-24-38(42)20-18-32-30-16-13-26(22-31(30)35(41)27-10-6-5-7-11-27)21-28(40)14-12-25(2)9-8-19-37(32,38)3/h9,13,15-17,22-23,27-28,32,40,42H,4-8,10-12,14,18-21,24H2,1-3H3/t28-,32-,37-,38+/m0/s1. The number of allylic oxidation sites excluding steroid dienone is 2. The second-order valence-corrected chi connectivity index (χ2v) is 16.2. The fourth-order valence-corrected chi connectivity index (χ4v) is 10.6. The molecule has 0 radical (unpaired) electrons. The number of hydrogen-bond donors (Lipinski definition) is 2. The van der Waals surface area contributed by atoms with Crippen LogP contribution < -0.4 is 4.74 Å². The van der Waals surface area contributed by atoms with Gasteiger partial charge in [-0.2, -0.15) is 0 Å². The zero-order chi connectivity index (χ0) is 31.6. The molecule has 242 valence electrons. The topological polar surface area (TPSA) is 79.7 Å². The lowest BCUT2D eigenvalue weighted by atomic mass is 9.65. The Morgan fingerprint density at radius 1 is 1.09 bits per heavy atom. The van der Waals surface area contributed by atoms with Gasteiger partial charge in [0.1, 0.15) is 5.75 Å². The summed E-state index contributed by atoms with van der Waals surface area (Å²) in [5, 5.41) is 23.5. The Labute approximate surface area is 276 Å². The van der Waals surface area contributed by atoms with Gasteiger partial charge in [-0.1, -0.05) is 61.7 Å². The quantitative estimate of drug-likeness (QED) is 0.151. The molecule has 4 atom stereocenters. The van der Waals surface area contributed by atoms with Crippen LogP contribution in [-0.2, 0) is 6.42 Å². The first kappa shape index (κ1) is 32.7. The molecule has 2 bridgehead atoms. The van der Waals surface area contributed by atoms with E-state index in [0.29, 0.717) is 31.6 Å². The van der Waals surface area contributed by atoms with Gasteiger partial charge in [0.05, 0.1) is 28.5 Å². The number of Topliss-reactive ketones (excluding diaryl/α,β-unsaturated/α-hetero) is 1. The fourth-order valence-electron chi connectivity index (χ4n) is 8.16. The Balaban J connectivity index is 1.34. The van der Waals surface area contributed by atoms with E-state index in [1.807, 2.05) is 19.1 Å². The third-order valence-electron chi connectivity index (χ3n) is 11.0. The van der Waals surface area contributed by atoms with E-state index in [4.69, 9.17) is 9.72 Å². The van der Waals surface area contributed by atoms with Crippen molar-refractivity contribution in [3.8, 4) is 5.75 Å². The number of carbonyl (C=O) groups is 1. The Hall–Kier alpha value is -2.19. The number of thioether (sulfide) groups is 1. The second kappa shape index (κ2) is 13.9. The molecular formula is C38H49NO4S2. The van der Waals surface area contributed by atoms with Crippen LogP contribution in [0, 0.1) is 11.3 Å². The van der Waals surface area contributed by atoms with Gasteiger partial charge in [-0.3, -0.25) is 4.79 Å². The average Bonchev–Trinajstić information content (AvgIpc) is 3.56. The number of aliphatic hydroxyl groups excluding tert-OH is 1. The fraction of sp³-hybridized carbons (Fsp3) is 0.579. The number of fused-ring (bicyclic) bond motifs is 9. The molecule has 3 aromatic rings. The van der Waals surface area contributed by atoms with Crippen molar-refractivity contribution >= 4 is 39.1 Å². The maximum Gasteiger partial charge on any atom is 0.166 e. The molecule has 5 nitrogen and oxygen atoms in total. The van der Waals surface area contributed by atoms with Gasteiger partial charge in [-0.05, 0) is 113 Å². The Kier molecular flexibility index (Phi) is 10.1. The first-order chi connectivity index (χ1) is 21.7. The maximum absolute atomic E-state index is 14.2. The van der Waals surface area contributed by atoms with Crippen molar-refractivity contribution < 1.29 is 19.7 Å². The first-order valence-corrected chi connectivity index (χ1v) is 18.9. The summed E-state index contributed by atoms with van der Waals surface area (Å²) in [6.45, 7) is 7.06. The number of aliphatic hydroxyl groups is 2. The summed E-state index contributed by atoms with van der Waals surface area (Å²) in [7, 11) is 0. The number of rotatable bonds is 7. The SMILES string of the molecule is CCOc1ccc2nc(SC[C@]3(O)CC[C@H]4c5ccc(cc5C(=O)C5CCCCC5)C[C@@H](O)CCC(C)=CCC[C@@]43C)sc2c1. The molecule has 45 heavy (non-hydrogen) atoms. The predicted octanol–water partition coefficient (Wildman–Crippen LogP) is 9.29. The molecule has 0 unspecified atom stereocenters. The van der Waals surface area contributed by atoms with E-state index in [1.165, 1.54) is 12.0 Å². The largest absolute Gasteiger partial charge is 0.494 e. The number of nitrogens with zero attached hydrogens (tertiary/aromatic N) is 1. The summed E-state index contributed by atoms with van der Waals surface area (Å²) in [5.74, 6) is 1.85. The summed E-state index contributed by atoms with van der Waals surface area (Å²) >= 11 is 3.32. The van der Waals surface area contributed by atoms with Crippen LogP contribution >= 0.6 is 23.1 Å². The maximum atomic E-state index is 14.2. The van der Waals surface area contributed by atoms with E-state index >= 15 is 0 Å². The summed E-state index contributed by atoms with van der Waals surface area (Å²) in [4.78, 5) is 19.1. The van der Waals surface area contributed by atoms with Gasteiger partial charge in [-0.25, -0.2) is 4.98 Å². The molecule has 2 aromatic carbocycles. The van der Waals surface area contributed by atoms with Crippen LogP contribution in [0.3, 0.4) is 0 Å². The van der Waals surface area contributed by atoms with Gasteiger partial charge < -0.3 is 14.9 Å². The van der Waals surface area contributed by atoms with Crippen LogP contribution in [-0.4, -0.2) is 45.0 Å². The van der Waals surface area contributed by atoms with E-state index in [0.717, 1.165) is 88.4 Å². The number of aromatic nitrogens is 1. The molecule has 2 saturated carbocycles. The summed E-state index contributed by atoms with van der Waals surface area (Å²) in [6.07, 6.45) is 12.6. The number of ether oxygens (including phenoxy) is 1. The Morgan fingerprint density at radius 2 is 1.91 bits per heavy atom. The van der Waals surface area contributed by atoms with Gasteiger partial charge in [0.2, 0.25) is 0 Å². The Bertz CT molecular complexity index is 1540. The monoisotopic (exact) mass is 647 g/mol. The minimum atomic E-state index is -0.907. The third kappa shape index (κ3) is 6.93. The van der Waals surface area contributed by atoms with E-state index in [1.54, 1.807) is 23.1 Å². The lowest BCUT2D eigenvalue weighted by molar-refractivity contribution is -0.0422. The van der Waals surface area contributed by atoms with Crippen LogP contribution in [0.2, 0.25) is 0 Å². The second-order valence-electron chi connectivity index (χ2n) is 14.0. The third-order valence-corrected chi connectivity index (χ3v) is 13.4. The molecule has 7 heteroatoms. The molecule has 4 aliphatic rings. The smallest absolute Gasteiger partial charge is 0.166 e. The molecular weight excluding hydrogens is 599 g/mol. The van der Waals surface area contributed by atoms with Crippen molar-refractivity contribution in [1.29, 1.82) is 0 Å². The van der Waals surface area contributed by atoms with Crippen LogP contribution in [0.25, 0.3) is 10.2 Å². The molecule has 2 fully saturated rings.